The second-order valence-electron chi connectivity index (χ2n) is 5.21. The summed E-state index contributed by atoms with van der Waals surface area (Å²) in [5.41, 5.74) is 4.10. The number of nitrogens with one attached hydrogen (secondary N) is 2. The largest absolute Gasteiger partial charge is 0.342 e. The molecule has 20 heavy (non-hydrogen) atoms. The van der Waals surface area contributed by atoms with Crippen molar-refractivity contribution in [1.29, 1.82) is 0 Å². The second-order valence-corrected chi connectivity index (χ2v) is 5.21. The van der Waals surface area contributed by atoms with Crippen molar-refractivity contribution in [1.82, 2.24) is 25.3 Å². The van der Waals surface area contributed by atoms with E-state index in [0.29, 0.717) is 5.92 Å². The van der Waals surface area contributed by atoms with E-state index >= 15 is 0 Å². The molecule has 2 aromatic heterocycles. The van der Waals surface area contributed by atoms with Gasteiger partial charge in [0.1, 0.15) is 11.6 Å². The van der Waals surface area contributed by atoms with Crippen LogP contribution in [0.2, 0.25) is 0 Å². The van der Waals surface area contributed by atoms with E-state index in [-0.39, 0.29) is 0 Å². The molecule has 3 heterocycles. The van der Waals surface area contributed by atoms with Gasteiger partial charge >= 0.3 is 0 Å². The van der Waals surface area contributed by atoms with Crippen molar-refractivity contribution in [2.24, 2.45) is 0 Å². The molecule has 5 heteroatoms. The Kier molecular flexibility index (Phi) is 2.53. The lowest BCUT2D eigenvalue weighted by Gasteiger charge is -2.25. The lowest BCUT2D eigenvalue weighted by Crippen LogP contribution is -2.40. The Morgan fingerprint density at radius 2 is 2.05 bits per heavy atom. The highest BCUT2D eigenvalue weighted by Gasteiger charge is 2.21. The molecule has 0 amide bonds. The minimum atomic E-state index is 0.452. The number of nitrogens with zero attached hydrogens (tertiary/aromatic N) is 3. The van der Waals surface area contributed by atoms with E-state index in [9.17, 15) is 0 Å². The summed E-state index contributed by atoms with van der Waals surface area (Å²) in [6, 6.07) is 8.15. The Bertz CT molecular complexity index is 773. The van der Waals surface area contributed by atoms with Crippen molar-refractivity contribution in [3.05, 3.63) is 42.1 Å². The molecule has 4 rings (SSSR count). The molecule has 3 aromatic rings. The summed E-state index contributed by atoms with van der Waals surface area (Å²) in [6.07, 6.45) is 1.85. The number of imidazole rings is 1. The van der Waals surface area contributed by atoms with Crippen LogP contribution < -0.4 is 5.32 Å². The van der Waals surface area contributed by atoms with Crippen molar-refractivity contribution >= 4 is 11.0 Å². The fraction of sp³-hybridized carbons (Fsp3) is 0.267. The van der Waals surface area contributed by atoms with Crippen molar-refractivity contribution in [3.63, 3.8) is 0 Å². The Morgan fingerprint density at radius 1 is 1.15 bits per heavy atom. The Hall–Kier alpha value is -2.27. The van der Waals surface area contributed by atoms with Gasteiger partial charge in [-0.1, -0.05) is 6.07 Å². The molecule has 100 valence electrons. The maximum absolute atomic E-state index is 4.69. The highest BCUT2D eigenvalue weighted by Crippen LogP contribution is 2.23. The highest BCUT2D eigenvalue weighted by atomic mass is 15.0. The molecule has 0 spiro atoms. The molecular formula is C15H15N5. The van der Waals surface area contributed by atoms with E-state index in [1.165, 1.54) is 0 Å². The van der Waals surface area contributed by atoms with Gasteiger partial charge in [-0.2, -0.15) is 0 Å². The van der Waals surface area contributed by atoms with Crippen LogP contribution in [0.25, 0.3) is 22.3 Å². The monoisotopic (exact) mass is 265 g/mol. The molecule has 1 aliphatic rings. The maximum Gasteiger partial charge on any atom is 0.134 e. The average Bonchev–Trinajstić information content (AvgIpc) is 2.76. The predicted octanol–water partition coefficient (Wildman–Crippen LogP) is 2.02. The summed E-state index contributed by atoms with van der Waals surface area (Å²) in [5, 5.41) is 3.25. The lowest BCUT2D eigenvalue weighted by molar-refractivity contribution is 0.430. The Balaban J connectivity index is 1.77. The summed E-state index contributed by atoms with van der Waals surface area (Å²) >= 11 is 0. The van der Waals surface area contributed by atoms with Gasteiger partial charge in [-0.15, -0.1) is 0 Å². The topological polar surface area (TPSA) is 66.5 Å². The van der Waals surface area contributed by atoms with Gasteiger partial charge in [0.2, 0.25) is 0 Å². The smallest absolute Gasteiger partial charge is 0.134 e. The molecule has 0 atom stereocenters. The summed E-state index contributed by atoms with van der Waals surface area (Å²) in [4.78, 5) is 16.8. The van der Waals surface area contributed by atoms with E-state index in [4.69, 9.17) is 4.98 Å². The van der Waals surface area contributed by atoms with E-state index in [1.807, 2.05) is 25.3 Å². The molecule has 1 aliphatic heterocycles. The van der Waals surface area contributed by atoms with Crippen molar-refractivity contribution < 1.29 is 0 Å². The quantitative estimate of drug-likeness (QED) is 0.744. The van der Waals surface area contributed by atoms with Gasteiger partial charge in [-0.25, -0.2) is 15.0 Å². The van der Waals surface area contributed by atoms with Crippen LogP contribution in [0.5, 0.6) is 0 Å². The number of aryl methyl sites for hydroxylation is 1. The first kappa shape index (κ1) is 11.5. The fourth-order valence-corrected chi connectivity index (χ4v) is 2.50. The Morgan fingerprint density at radius 3 is 2.85 bits per heavy atom. The molecule has 0 bridgehead atoms. The van der Waals surface area contributed by atoms with E-state index in [0.717, 1.165) is 47.0 Å². The van der Waals surface area contributed by atoms with Crippen LogP contribution in [0.4, 0.5) is 0 Å². The van der Waals surface area contributed by atoms with Gasteiger partial charge in [0.15, 0.2) is 0 Å². The van der Waals surface area contributed by atoms with E-state index < -0.39 is 0 Å². The SMILES string of the molecule is Cc1nc2ccc(-c3ccnc(C4CNC4)n3)cc2[nH]1. The van der Waals surface area contributed by atoms with Gasteiger partial charge < -0.3 is 10.3 Å². The van der Waals surface area contributed by atoms with Gasteiger partial charge in [0.25, 0.3) is 0 Å². The molecule has 1 saturated heterocycles. The first-order valence-electron chi connectivity index (χ1n) is 6.80. The number of H-pyrrole nitrogens is 1. The van der Waals surface area contributed by atoms with Crippen LogP contribution in [0, 0.1) is 6.92 Å². The number of aromatic amines is 1. The van der Waals surface area contributed by atoms with Crippen LogP contribution in [0.15, 0.2) is 30.5 Å². The van der Waals surface area contributed by atoms with E-state index in [2.05, 4.69) is 32.4 Å². The van der Waals surface area contributed by atoms with Crippen molar-refractivity contribution in [2.45, 2.75) is 12.8 Å². The number of fused-ring (bicyclic) bond motifs is 1. The van der Waals surface area contributed by atoms with Crippen LogP contribution >= 0.6 is 0 Å². The standard InChI is InChI=1S/C15H15N5/c1-9-18-13-3-2-10(6-14(13)19-9)12-4-5-17-15(20-12)11-7-16-8-11/h2-6,11,16H,7-8H2,1H3,(H,18,19). The van der Waals surface area contributed by atoms with Crippen LogP contribution in [-0.2, 0) is 0 Å². The minimum absolute atomic E-state index is 0.452. The number of hydrogen-bond donors (Lipinski definition) is 2. The number of aromatic nitrogens is 4. The summed E-state index contributed by atoms with van der Waals surface area (Å²) in [7, 11) is 0. The molecule has 0 unspecified atom stereocenters. The first-order chi connectivity index (χ1) is 9.79. The summed E-state index contributed by atoms with van der Waals surface area (Å²) in [5.74, 6) is 2.32. The molecule has 0 saturated carbocycles. The van der Waals surface area contributed by atoms with Gasteiger partial charge in [0, 0.05) is 30.8 Å². The molecule has 5 nitrogen and oxygen atoms in total. The maximum atomic E-state index is 4.69. The summed E-state index contributed by atoms with van der Waals surface area (Å²) in [6.45, 7) is 3.91. The van der Waals surface area contributed by atoms with Gasteiger partial charge in [-0.05, 0) is 25.1 Å². The first-order valence-corrected chi connectivity index (χ1v) is 6.80. The van der Waals surface area contributed by atoms with Crippen molar-refractivity contribution in [3.8, 4) is 11.3 Å². The molecular weight excluding hydrogens is 250 g/mol. The lowest BCUT2D eigenvalue weighted by atomic mass is 10.0. The highest BCUT2D eigenvalue weighted by molar-refractivity contribution is 5.81. The van der Waals surface area contributed by atoms with Gasteiger partial charge in [-0.3, -0.25) is 0 Å². The Labute approximate surface area is 116 Å². The number of hydrogen-bond acceptors (Lipinski definition) is 4. The van der Waals surface area contributed by atoms with E-state index in [1.54, 1.807) is 0 Å². The third-order valence-electron chi connectivity index (χ3n) is 3.72. The second kappa shape index (κ2) is 4.38. The number of benzene rings is 1. The summed E-state index contributed by atoms with van der Waals surface area (Å²) < 4.78 is 0. The van der Waals surface area contributed by atoms with Gasteiger partial charge in [0.05, 0.1) is 16.7 Å². The van der Waals surface area contributed by atoms with Crippen LogP contribution in [-0.4, -0.2) is 33.0 Å². The molecule has 0 aliphatic carbocycles. The molecule has 0 radical (unpaired) electrons. The minimum Gasteiger partial charge on any atom is -0.342 e. The molecule has 1 fully saturated rings. The normalized spacial score (nSPS) is 15.4. The predicted molar refractivity (Wildman–Crippen MR) is 77.5 cm³/mol. The fourth-order valence-electron chi connectivity index (χ4n) is 2.50. The number of rotatable bonds is 2. The van der Waals surface area contributed by atoms with Crippen molar-refractivity contribution in [2.75, 3.05) is 13.1 Å². The average molecular weight is 265 g/mol. The third kappa shape index (κ3) is 1.87. The van der Waals surface area contributed by atoms with Crippen LogP contribution in [0.1, 0.15) is 17.6 Å². The van der Waals surface area contributed by atoms with Crippen LogP contribution in [0.3, 0.4) is 0 Å². The zero-order valence-corrected chi connectivity index (χ0v) is 11.2. The molecule has 2 N–H and O–H groups in total. The zero-order chi connectivity index (χ0) is 13.5. The zero-order valence-electron chi connectivity index (χ0n) is 11.2. The third-order valence-corrected chi connectivity index (χ3v) is 3.72. The molecule has 1 aromatic carbocycles.